The number of morpholine rings is 1. The summed E-state index contributed by atoms with van der Waals surface area (Å²) in [6.45, 7) is 8.81. The van der Waals surface area contributed by atoms with Gasteiger partial charge >= 0.3 is 0 Å². The molecule has 1 heterocycles. The molecule has 1 saturated carbocycles. The first-order chi connectivity index (χ1) is 8.57. The molecular formula is C15H30N2O. The third-order valence-corrected chi connectivity index (χ3v) is 4.76. The first-order valence-electron chi connectivity index (χ1n) is 7.58. The van der Waals surface area contributed by atoms with Gasteiger partial charge in [0.25, 0.3) is 0 Å². The highest BCUT2D eigenvalue weighted by atomic mass is 16.5. The molecule has 0 spiro atoms. The topological polar surface area (TPSA) is 24.5 Å². The second-order valence-electron chi connectivity index (χ2n) is 6.89. The summed E-state index contributed by atoms with van der Waals surface area (Å²) >= 11 is 0. The number of nitrogens with zero attached hydrogens (tertiary/aromatic N) is 1. The molecule has 2 aliphatic rings. The highest BCUT2D eigenvalue weighted by Crippen LogP contribution is 2.36. The van der Waals surface area contributed by atoms with Crippen molar-refractivity contribution in [3.8, 4) is 0 Å². The van der Waals surface area contributed by atoms with Crippen molar-refractivity contribution >= 4 is 0 Å². The molecule has 1 N–H and O–H groups in total. The molecule has 2 rings (SSSR count). The van der Waals surface area contributed by atoms with Crippen LogP contribution in [0, 0.1) is 5.41 Å². The van der Waals surface area contributed by atoms with E-state index in [1.54, 1.807) is 0 Å². The van der Waals surface area contributed by atoms with Gasteiger partial charge in [-0.15, -0.1) is 0 Å². The smallest absolute Gasteiger partial charge is 0.0620 e. The normalized spacial score (nSPS) is 29.7. The zero-order chi connectivity index (χ0) is 13.0. The fraction of sp³-hybridized carbons (Fsp3) is 1.00. The molecule has 1 saturated heterocycles. The van der Waals surface area contributed by atoms with Gasteiger partial charge in [0, 0.05) is 18.6 Å². The summed E-state index contributed by atoms with van der Waals surface area (Å²) in [6, 6.07) is 1.38. The van der Waals surface area contributed by atoms with Crippen molar-refractivity contribution < 1.29 is 4.74 Å². The van der Waals surface area contributed by atoms with E-state index in [9.17, 15) is 0 Å². The Balaban J connectivity index is 1.66. The molecule has 3 nitrogen and oxygen atoms in total. The summed E-state index contributed by atoms with van der Waals surface area (Å²) in [5.41, 5.74) is 0.579. The third-order valence-electron chi connectivity index (χ3n) is 4.76. The monoisotopic (exact) mass is 254 g/mol. The Morgan fingerprint density at radius 1 is 1.28 bits per heavy atom. The van der Waals surface area contributed by atoms with Crippen LogP contribution in [-0.4, -0.2) is 50.3 Å². The van der Waals surface area contributed by atoms with Crippen molar-refractivity contribution in [2.45, 2.75) is 58.0 Å². The van der Waals surface area contributed by atoms with Crippen LogP contribution in [0.15, 0.2) is 0 Å². The van der Waals surface area contributed by atoms with Crippen molar-refractivity contribution in [1.29, 1.82) is 0 Å². The Labute approximate surface area is 112 Å². The van der Waals surface area contributed by atoms with Crippen molar-refractivity contribution in [2.75, 3.05) is 33.4 Å². The summed E-state index contributed by atoms with van der Waals surface area (Å²) in [5.74, 6) is 0. The third kappa shape index (κ3) is 4.22. The fourth-order valence-corrected chi connectivity index (χ4v) is 3.17. The molecular weight excluding hydrogens is 224 g/mol. The number of rotatable bonds is 4. The zero-order valence-electron chi connectivity index (χ0n) is 12.4. The summed E-state index contributed by atoms with van der Waals surface area (Å²) in [7, 11) is 2.30. The van der Waals surface area contributed by atoms with Gasteiger partial charge in [-0.1, -0.05) is 13.8 Å². The Hall–Kier alpha value is -0.120. The quantitative estimate of drug-likeness (QED) is 0.833. The minimum atomic E-state index is 0.571. The van der Waals surface area contributed by atoms with Crippen LogP contribution in [0.5, 0.6) is 0 Å². The van der Waals surface area contributed by atoms with Crippen LogP contribution in [0.4, 0.5) is 0 Å². The summed E-state index contributed by atoms with van der Waals surface area (Å²) in [6.07, 6.45) is 6.73. The van der Waals surface area contributed by atoms with Gasteiger partial charge in [-0.2, -0.15) is 0 Å². The molecule has 1 aliphatic heterocycles. The standard InChI is InChI=1S/C15H30N2O/c1-15(2)7-4-14(5-8-15)17(3)10-6-13-12-18-11-9-16-13/h13-14,16H,4-12H2,1-3H3. The molecule has 0 amide bonds. The number of hydrogen-bond donors (Lipinski definition) is 1. The molecule has 1 unspecified atom stereocenters. The Kier molecular flexibility index (Phi) is 5.05. The minimum Gasteiger partial charge on any atom is -0.379 e. The molecule has 106 valence electrons. The highest BCUT2D eigenvalue weighted by molar-refractivity contribution is 4.83. The van der Waals surface area contributed by atoms with Crippen LogP contribution in [-0.2, 0) is 4.74 Å². The van der Waals surface area contributed by atoms with Gasteiger partial charge in [0.05, 0.1) is 13.2 Å². The molecule has 0 aromatic heterocycles. The summed E-state index contributed by atoms with van der Waals surface area (Å²) in [4.78, 5) is 2.57. The molecule has 18 heavy (non-hydrogen) atoms. The Bertz CT molecular complexity index is 239. The van der Waals surface area contributed by atoms with Gasteiger partial charge in [0.1, 0.15) is 0 Å². The summed E-state index contributed by atoms with van der Waals surface area (Å²) in [5, 5.41) is 3.54. The van der Waals surface area contributed by atoms with Gasteiger partial charge in [0.15, 0.2) is 0 Å². The Morgan fingerprint density at radius 2 is 2.00 bits per heavy atom. The lowest BCUT2D eigenvalue weighted by Gasteiger charge is -2.39. The van der Waals surface area contributed by atoms with Crippen LogP contribution in [0.1, 0.15) is 46.0 Å². The maximum atomic E-state index is 5.51. The fourth-order valence-electron chi connectivity index (χ4n) is 3.17. The van der Waals surface area contributed by atoms with E-state index in [2.05, 4.69) is 31.1 Å². The molecule has 0 radical (unpaired) electrons. The first-order valence-corrected chi connectivity index (χ1v) is 7.58. The minimum absolute atomic E-state index is 0.571. The lowest BCUT2D eigenvalue weighted by molar-refractivity contribution is 0.0651. The predicted octanol–water partition coefficient (Wildman–Crippen LogP) is 2.27. The molecule has 1 aliphatic carbocycles. The van der Waals surface area contributed by atoms with Crippen molar-refractivity contribution in [3.63, 3.8) is 0 Å². The average molecular weight is 254 g/mol. The molecule has 0 bridgehead atoms. The first kappa shape index (κ1) is 14.3. The van der Waals surface area contributed by atoms with Crippen molar-refractivity contribution in [1.82, 2.24) is 10.2 Å². The van der Waals surface area contributed by atoms with E-state index < -0.39 is 0 Å². The van der Waals surface area contributed by atoms with Gasteiger partial charge in [-0.25, -0.2) is 0 Å². The average Bonchev–Trinajstić information content (AvgIpc) is 2.37. The Morgan fingerprint density at radius 3 is 2.61 bits per heavy atom. The molecule has 0 aromatic rings. The van der Waals surface area contributed by atoms with Crippen LogP contribution < -0.4 is 5.32 Å². The molecule has 1 atom stereocenters. The van der Waals surface area contributed by atoms with E-state index in [0.29, 0.717) is 11.5 Å². The van der Waals surface area contributed by atoms with Gasteiger partial charge < -0.3 is 15.0 Å². The van der Waals surface area contributed by atoms with E-state index in [1.807, 2.05) is 0 Å². The second kappa shape index (κ2) is 6.36. The number of nitrogens with one attached hydrogen (secondary N) is 1. The van der Waals surface area contributed by atoms with E-state index in [0.717, 1.165) is 25.8 Å². The lowest BCUT2D eigenvalue weighted by Crippen LogP contribution is -2.44. The number of hydrogen-bond acceptors (Lipinski definition) is 3. The van der Waals surface area contributed by atoms with Gasteiger partial charge in [-0.05, 0) is 51.1 Å². The second-order valence-corrected chi connectivity index (χ2v) is 6.89. The lowest BCUT2D eigenvalue weighted by atomic mass is 9.75. The van der Waals surface area contributed by atoms with Crippen molar-refractivity contribution in [2.24, 2.45) is 5.41 Å². The van der Waals surface area contributed by atoms with Gasteiger partial charge in [0.2, 0.25) is 0 Å². The molecule has 0 aromatic carbocycles. The van der Waals surface area contributed by atoms with Crippen LogP contribution in [0.3, 0.4) is 0 Å². The van der Waals surface area contributed by atoms with E-state index in [1.165, 1.54) is 38.6 Å². The largest absolute Gasteiger partial charge is 0.379 e. The maximum Gasteiger partial charge on any atom is 0.0620 e. The van der Waals surface area contributed by atoms with E-state index in [-0.39, 0.29) is 0 Å². The maximum absolute atomic E-state index is 5.51. The van der Waals surface area contributed by atoms with Crippen molar-refractivity contribution in [3.05, 3.63) is 0 Å². The van der Waals surface area contributed by atoms with Crippen LogP contribution in [0.2, 0.25) is 0 Å². The zero-order valence-corrected chi connectivity index (χ0v) is 12.4. The van der Waals surface area contributed by atoms with Crippen LogP contribution in [0.25, 0.3) is 0 Å². The van der Waals surface area contributed by atoms with E-state index >= 15 is 0 Å². The highest BCUT2D eigenvalue weighted by Gasteiger charge is 2.28. The summed E-state index contributed by atoms with van der Waals surface area (Å²) < 4.78 is 5.51. The van der Waals surface area contributed by atoms with E-state index in [4.69, 9.17) is 4.74 Å². The van der Waals surface area contributed by atoms with Crippen LogP contribution >= 0.6 is 0 Å². The molecule has 2 fully saturated rings. The number of ether oxygens (including phenoxy) is 1. The SMILES string of the molecule is CN(CCC1COCCN1)C1CCC(C)(C)CC1. The predicted molar refractivity (Wildman–Crippen MR) is 75.9 cm³/mol. The molecule has 3 heteroatoms. The van der Waals surface area contributed by atoms with Gasteiger partial charge in [-0.3, -0.25) is 0 Å².